The lowest BCUT2D eigenvalue weighted by molar-refractivity contribution is -0.125. The van der Waals surface area contributed by atoms with Gasteiger partial charge in [-0.15, -0.1) is 0 Å². The first kappa shape index (κ1) is 22.6. The predicted molar refractivity (Wildman–Crippen MR) is 112 cm³/mol. The smallest absolute Gasteiger partial charge is 0.243 e. The van der Waals surface area contributed by atoms with Gasteiger partial charge in [-0.1, -0.05) is 56.3 Å². The highest BCUT2D eigenvalue weighted by Crippen LogP contribution is 2.16. The third-order valence-electron chi connectivity index (χ3n) is 4.41. The van der Waals surface area contributed by atoms with Crippen molar-refractivity contribution in [3.8, 4) is 0 Å². The number of nitrogens with one attached hydrogen (secondary N) is 2. The van der Waals surface area contributed by atoms with Crippen LogP contribution in [0, 0.1) is 0 Å². The van der Waals surface area contributed by atoms with E-state index in [0.29, 0.717) is 13.1 Å². The molecule has 0 bridgehead atoms. The van der Waals surface area contributed by atoms with Gasteiger partial charge in [-0.05, 0) is 23.3 Å². The van der Waals surface area contributed by atoms with Gasteiger partial charge in [0.1, 0.15) is 0 Å². The molecule has 2 N–H and O–H groups in total. The molecule has 2 rings (SSSR count). The number of sulfonamides is 1. The summed E-state index contributed by atoms with van der Waals surface area (Å²) in [6.45, 7) is 4.55. The molecule has 0 unspecified atom stereocenters. The van der Waals surface area contributed by atoms with Crippen molar-refractivity contribution < 1.29 is 18.0 Å². The van der Waals surface area contributed by atoms with E-state index in [-0.39, 0.29) is 36.2 Å². The van der Waals surface area contributed by atoms with E-state index in [1.807, 2.05) is 30.3 Å². The molecule has 8 heteroatoms. The average molecular weight is 418 g/mol. The second-order valence-electron chi connectivity index (χ2n) is 6.45. The average Bonchev–Trinajstić information content (AvgIpc) is 2.72. The lowest BCUT2D eigenvalue weighted by Gasteiger charge is -2.18. The number of benzene rings is 2. The maximum atomic E-state index is 12.5. The zero-order valence-electron chi connectivity index (χ0n) is 16.7. The molecule has 0 atom stereocenters. The number of hydrogen-bond donors (Lipinski definition) is 2. The van der Waals surface area contributed by atoms with E-state index >= 15 is 0 Å². The molecule has 0 aliphatic rings. The molecule has 0 heterocycles. The Labute approximate surface area is 172 Å². The van der Waals surface area contributed by atoms with Gasteiger partial charge in [0.05, 0.1) is 17.9 Å². The molecule has 0 aliphatic carbocycles. The molecule has 2 amide bonds. The van der Waals surface area contributed by atoms with E-state index < -0.39 is 10.0 Å². The highest BCUT2D eigenvalue weighted by atomic mass is 32.2. The fraction of sp³-hybridized carbons (Fsp3) is 0.333. The molecular weight excluding hydrogens is 390 g/mol. The van der Waals surface area contributed by atoms with E-state index in [4.69, 9.17) is 0 Å². The van der Waals surface area contributed by atoms with Crippen LogP contribution in [0.25, 0.3) is 0 Å². The molecule has 0 saturated heterocycles. The van der Waals surface area contributed by atoms with Crippen LogP contribution in [0.2, 0.25) is 0 Å². The van der Waals surface area contributed by atoms with Crippen LogP contribution in [0.4, 0.5) is 0 Å². The van der Waals surface area contributed by atoms with E-state index in [1.54, 1.807) is 26.0 Å². The van der Waals surface area contributed by atoms with Crippen LogP contribution in [-0.2, 0) is 32.6 Å². The van der Waals surface area contributed by atoms with E-state index in [9.17, 15) is 18.0 Å². The van der Waals surface area contributed by atoms with Gasteiger partial charge in [-0.2, -0.15) is 4.31 Å². The summed E-state index contributed by atoms with van der Waals surface area (Å²) in [6.07, 6.45) is 0.219. The SMILES string of the molecule is CCN(CC)S(=O)(=O)c1ccc(CNC(=O)CNC(=O)Cc2ccccc2)cc1. The summed E-state index contributed by atoms with van der Waals surface area (Å²) in [5.41, 5.74) is 1.65. The van der Waals surface area contributed by atoms with Crippen molar-refractivity contribution in [1.82, 2.24) is 14.9 Å². The van der Waals surface area contributed by atoms with Gasteiger partial charge < -0.3 is 10.6 Å². The number of hydrogen-bond acceptors (Lipinski definition) is 4. The first-order valence-corrected chi connectivity index (χ1v) is 11.0. The van der Waals surface area contributed by atoms with E-state index in [0.717, 1.165) is 11.1 Å². The molecule has 0 aliphatic heterocycles. The summed E-state index contributed by atoms with van der Waals surface area (Å²) in [5.74, 6) is -0.538. The zero-order valence-corrected chi connectivity index (χ0v) is 17.5. The number of carbonyl (C=O) groups excluding carboxylic acids is 2. The zero-order chi connectivity index (χ0) is 21.3. The lowest BCUT2D eigenvalue weighted by Crippen LogP contribution is -2.37. The Morgan fingerprint density at radius 2 is 1.45 bits per heavy atom. The van der Waals surface area contributed by atoms with Crippen LogP contribution in [0.1, 0.15) is 25.0 Å². The quantitative estimate of drug-likeness (QED) is 0.615. The fourth-order valence-corrected chi connectivity index (χ4v) is 4.24. The second kappa shape index (κ2) is 10.7. The number of carbonyl (C=O) groups is 2. The van der Waals surface area contributed by atoms with Gasteiger partial charge in [0.25, 0.3) is 0 Å². The Morgan fingerprint density at radius 3 is 2.03 bits per heavy atom. The summed E-state index contributed by atoms with van der Waals surface area (Å²) in [5, 5.41) is 5.29. The molecule has 7 nitrogen and oxygen atoms in total. The van der Waals surface area contributed by atoms with Gasteiger partial charge in [-0.25, -0.2) is 8.42 Å². The molecule has 0 aromatic heterocycles. The van der Waals surface area contributed by atoms with Gasteiger partial charge in [0.2, 0.25) is 21.8 Å². The topological polar surface area (TPSA) is 95.6 Å². The van der Waals surface area contributed by atoms with Crippen LogP contribution in [0.3, 0.4) is 0 Å². The fourth-order valence-electron chi connectivity index (χ4n) is 2.78. The van der Waals surface area contributed by atoms with E-state index in [1.165, 1.54) is 16.4 Å². The Morgan fingerprint density at radius 1 is 0.828 bits per heavy atom. The van der Waals surface area contributed by atoms with Crippen molar-refractivity contribution in [2.45, 2.75) is 31.7 Å². The highest BCUT2D eigenvalue weighted by molar-refractivity contribution is 7.89. The molecule has 2 aromatic carbocycles. The Kier molecular flexibility index (Phi) is 8.35. The Bertz CT molecular complexity index is 909. The van der Waals surface area contributed by atoms with Gasteiger partial charge in [-0.3, -0.25) is 9.59 Å². The van der Waals surface area contributed by atoms with Crippen LogP contribution in [0.15, 0.2) is 59.5 Å². The summed E-state index contributed by atoms with van der Waals surface area (Å²) in [7, 11) is -3.49. The minimum absolute atomic E-state index is 0.111. The molecular formula is C21H27N3O4S. The van der Waals surface area contributed by atoms with Gasteiger partial charge >= 0.3 is 0 Å². The minimum Gasteiger partial charge on any atom is -0.350 e. The maximum Gasteiger partial charge on any atom is 0.243 e. The number of rotatable bonds is 10. The summed E-state index contributed by atoms with van der Waals surface area (Å²) in [6, 6.07) is 15.7. The minimum atomic E-state index is -3.49. The maximum absolute atomic E-state index is 12.5. The van der Waals surface area contributed by atoms with Crippen molar-refractivity contribution in [3.63, 3.8) is 0 Å². The highest BCUT2D eigenvalue weighted by Gasteiger charge is 2.21. The molecule has 2 aromatic rings. The predicted octanol–water partition coefficient (Wildman–Crippen LogP) is 1.69. The number of nitrogens with zero attached hydrogens (tertiary/aromatic N) is 1. The van der Waals surface area contributed by atoms with Gasteiger partial charge in [0.15, 0.2) is 0 Å². The van der Waals surface area contributed by atoms with Crippen molar-refractivity contribution in [2.24, 2.45) is 0 Å². The third kappa shape index (κ3) is 6.69. The molecule has 156 valence electrons. The summed E-state index contributed by atoms with van der Waals surface area (Å²) < 4.78 is 26.3. The molecule has 0 spiro atoms. The Hall–Kier alpha value is -2.71. The van der Waals surface area contributed by atoms with Crippen LogP contribution < -0.4 is 10.6 Å². The normalized spacial score (nSPS) is 11.3. The Balaban J connectivity index is 1.80. The van der Waals surface area contributed by atoms with Crippen LogP contribution >= 0.6 is 0 Å². The molecule has 0 radical (unpaired) electrons. The lowest BCUT2D eigenvalue weighted by atomic mass is 10.1. The van der Waals surface area contributed by atoms with Crippen LogP contribution in [0.5, 0.6) is 0 Å². The molecule has 29 heavy (non-hydrogen) atoms. The monoisotopic (exact) mass is 417 g/mol. The molecule has 0 saturated carbocycles. The largest absolute Gasteiger partial charge is 0.350 e. The van der Waals surface area contributed by atoms with Crippen molar-refractivity contribution >= 4 is 21.8 Å². The van der Waals surface area contributed by atoms with Gasteiger partial charge in [0, 0.05) is 19.6 Å². The number of amides is 2. The van der Waals surface area contributed by atoms with Crippen molar-refractivity contribution in [3.05, 3.63) is 65.7 Å². The van der Waals surface area contributed by atoms with Crippen molar-refractivity contribution in [1.29, 1.82) is 0 Å². The second-order valence-corrected chi connectivity index (χ2v) is 8.39. The summed E-state index contributed by atoms with van der Waals surface area (Å²) >= 11 is 0. The summed E-state index contributed by atoms with van der Waals surface area (Å²) in [4.78, 5) is 24.0. The first-order valence-electron chi connectivity index (χ1n) is 9.53. The first-order chi connectivity index (χ1) is 13.9. The standard InChI is InChI=1S/C21H27N3O4S/c1-3-24(4-2)29(27,28)19-12-10-18(11-13-19)15-22-21(26)16-23-20(25)14-17-8-6-5-7-9-17/h5-13H,3-4,14-16H2,1-2H3,(H,22,26)(H,23,25). The third-order valence-corrected chi connectivity index (χ3v) is 6.47. The van der Waals surface area contributed by atoms with Crippen LogP contribution in [-0.4, -0.2) is 44.2 Å². The molecule has 0 fully saturated rings. The van der Waals surface area contributed by atoms with E-state index in [2.05, 4.69) is 10.6 Å². The van der Waals surface area contributed by atoms with Crippen molar-refractivity contribution in [2.75, 3.05) is 19.6 Å².